The molecule has 0 saturated heterocycles. The van der Waals surface area contributed by atoms with Crippen molar-refractivity contribution in [3.8, 4) is 0 Å². The van der Waals surface area contributed by atoms with E-state index in [2.05, 4.69) is 15.9 Å². The molecule has 3 nitrogen and oxygen atoms in total. The summed E-state index contributed by atoms with van der Waals surface area (Å²) in [5.41, 5.74) is 1.11. The van der Waals surface area contributed by atoms with E-state index in [1.807, 2.05) is 31.2 Å². The van der Waals surface area contributed by atoms with Gasteiger partial charge in [-0.25, -0.2) is 8.42 Å². The molecule has 1 atom stereocenters. The molecule has 0 amide bonds. The van der Waals surface area contributed by atoms with Crippen molar-refractivity contribution in [2.24, 2.45) is 5.92 Å². The average Bonchev–Trinajstić information content (AvgIpc) is 2.33. The molecule has 1 unspecified atom stereocenters. The molecule has 1 aromatic carbocycles. The van der Waals surface area contributed by atoms with Crippen LogP contribution in [0.1, 0.15) is 25.3 Å². The molecule has 1 aromatic rings. The Morgan fingerprint density at radius 1 is 1.32 bits per heavy atom. The van der Waals surface area contributed by atoms with Gasteiger partial charge >= 0.3 is 0 Å². The lowest BCUT2D eigenvalue weighted by Crippen LogP contribution is -2.07. The Hall–Kier alpha value is -0.100. The van der Waals surface area contributed by atoms with Crippen LogP contribution in [-0.4, -0.2) is 20.8 Å². The summed E-state index contributed by atoms with van der Waals surface area (Å²) >= 11 is 3.46. The Bertz CT molecular complexity index is 490. The predicted molar refractivity (Wildman–Crippen MR) is 81.8 cm³/mol. The zero-order valence-electron chi connectivity index (χ0n) is 10.8. The molecular weight excluding hydrogens is 352 g/mol. The summed E-state index contributed by atoms with van der Waals surface area (Å²) in [4.78, 5) is 0. The quantitative estimate of drug-likeness (QED) is 0.515. The minimum absolute atomic E-state index is 0.0277. The standard InChI is InChI=1S/C13H18BrClO3S/c1-11(7-9-19(15,16)17)6-8-18-10-12-4-2-3-5-13(12)14/h2-5,11H,6-10H2,1H3. The van der Waals surface area contributed by atoms with E-state index in [9.17, 15) is 8.42 Å². The van der Waals surface area contributed by atoms with Crippen LogP contribution in [0.15, 0.2) is 28.7 Å². The molecule has 6 heteroatoms. The van der Waals surface area contributed by atoms with Crippen LogP contribution in [0.3, 0.4) is 0 Å². The lowest BCUT2D eigenvalue weighted by molar-refractivity contribution is 0.108. The number of halogens is 2. The molecule has 0 bridgehead atoms. The van der Waals surface area contributed by atoms with Crippen molar-refractivity contribution >= 4 is 35.7 Å². The molecule has 0 spiro atoms. The van der Waals surface area contributed by atoms with E-state index in [-0.39, 0.29) is 11.7 Å². The molecule has 0 fully saturated rings. The van der Waals surface area contributed by atoms with E-state index in [0.29, 0.717) is 19.6 Å². The van der Waals surface area contributed by atoms with Crippen LogP contribution in [-0.2, 0) is 20.4 Å². The van der Waals surface area contributed by atoms with E-state index in [4.69, 9.17) is 15.4 Å². The largest absolute Gasteiger partial charge is 0.377 e. The van der Waals surface area contributed by atoms with Gasteiger partial charge in [0, 0.05) is 21.8 Å². The first-order chi connectivity index (χ1) is 8.88. The Morgan fingerprint density at radius 3 is 2.63 bits per heavy atom. The molecule has 108 valence electrons. The number of hydrogen-bond acceptors (Lipinski definition) is 3. The van der Waals surface area contributed by atoms with Gasteiger partial charge in [-0.05, 0) is 30.4 Å². The minimum atomic E-state index is -3.37. The van der Waals surface area contributed by atoms with Gasteiger partial charge in [0.05, 0.1) is 12.4 Å². The third-order valence-electron chi connectivity index (χ3n) is 2.82. The molecule has 0 aliphatic rings. The van der Waals surface area contributed by atoms with Gasteiger partial charge in [-0.3, -0.25) is 0 Å². The summed E-state index contributed by atoms with van der Waals surface area (Å²) in [6.07, 6.45) is 1.40. The zero-order chi connectivity index (χ0) is 14.3. The zero-order valence-corrected chi connectivity index (χ0v) is 14.0. The van der Waals surface area contributed by atoms with Crippen LogP contribution in [0.4, 0.5) is 0 Å². The summed E-state index contributed by atoms with van der Waals surface area (Å²) < 4.78 is 28.3. The van der Waals surface area contributed by atoms with E-state index >= 15 is 0 Å². The van der Waals surface area contributed by atoms with Crippen molar-refractivity contribution in [2.75, 3.05) is 12.4 Å². The first-order valence-corrected chi connectivity index (χ1v) is 9.39. The van der Waals surface area contributed by atoms with Crippen molar-refractivity contribution in [3.05, 3.63) is 34.3 Å². The minimum Gasteiger partial charge on any atom is -0.377 e. The van der Waals surface area contributed by atoms with Gasteiger partial charge in [0.15, 0.2) is 0 Å². The Kier molecular flexibility index (Phi) is 7.36. The molecule has 19 heavy (non-hydrogen) atoms. The Balaban J connectivity index is 2.19. The molecule has 0 aromatic heterocycles. The van der Waals surface area contributed by atoms with E-state index in [1.54, 1.807) is 0 Å². The lowest BCUT2D eigenvalue weighted by atomic mass is 10.1. The number of benzene rings is 1. The SMILES string of the molecule is CC(CCOCc1ccccc1Br)CCS(=O)(=O)Cl. The maximum Gasteiger partial charge on any atom is 0.232 e. The van der Waals surface area contributed by atoms with Crippen molar-refractivity contribution in [1.29, 1.82) is 0 Å². The maximum absolute atomic E-state index is 10.8. The normalized spacial score (nSPS) is 13.4. The fraction of sp³-hybridized carbons (Fsp3) is 0.538. The van der Waals surface area contributed by atoms with Crippen LogP contribution in [0, 0.1) is 5.92 Å². The Morgan fingerprint density at radius 2 is 2.00 bits per heavy atom. The second-order valence-electron chi connectivity index (χ2n) is 4.57. The van der Waals surface area contributed by atoms with Gasteiger partial charge in [0.1, 0.15) is 0 Å². The summed E-state index contributed by atoms with van der Waals surface area (Å²) in [7, 11) is 1.80. The van der Waals surface area contributed by atoms with Gasteiger partial charge in [-0.1, -0.05) is 41.1 Å². The van der Waals surface area contributed by atoms with Crippen molar-refractivity contribution in [1.82, 2.24) is 0 Å². The van der Waals surface area contributed by atoms with Crippen molar-refractivity contribution < 1.29 is 13.2 Å². The molecule has 0 saturated carbocycles. The third kappa shape index (κ3) is 7.92. The molecule has 0 aliphatic heterocycles. The number of ether oxygens (including phenoxy) is 1. The number of rotatable bonds is 8. The Labute approximate surface area is 127 Å². The summed E-state index contributed by atoms with van der Waals surface area (Å²) in [6, 6.07) is 7.92. The molecule has 0 heterocycles. The highest BCUT2D eigenvalue weighted by molar-refractivity contribution is 9.10. The van der Waals surface area contributed by atoms with Gasteiger partial charge in [0.2, 0.25) is 9.05 Å². The molecule has 0 radical (unpaired) electrons. The summed E-state index contributed by atoms with van der Waals surface area (Å²) in [5, 5.41) is 0. The molecule has 0 N–H and O–H groups in total. The lowest BCUT2D eigenvalue weighted by Gasteiger charge is -2.11. The van der Waals surface area contributed by atoms with Gasteiger partial charge in [-0.2, -0.15) is 0 Å². The third-order valence-corrected chi connectivity index (χ3v) is 4.78. The van der Waals surface area contributed by atoms with Crippen molar-refractivity contribution in [3.63, 3.8) is 0 Å². The van der Waals surface area contributed by atoms with Crippen molar-refractivity contribution in [2.45, 2.75) is 26.4 Å². The highest BCUT2D eigenvalue weighted by Gasteiger charge is 2.09. The van der Waals surface area contributed by atoms with Crippen LogP contribution >= 0.6 is 26.6 Å². The van der Waals surface area contributed by atoms with Gasteiger partial charge < -0.3 is 4.74 Å². The van der Waals surface area contributed by atoms with Gasteiger partial charge in [-0.15, -0.1) is 0 Å². The monoisotopic (exact) mass is 368 g/mol. The topological polar surface area (TPSA) is 43.4 Å². The predicted octanol–water partition coefficient (Wildman–Crippen LogP) is 3.95. The highest BCUT2D eigenvalue weighted by Crippen LogP contribution is 2.17. The van der Waals surface area contributed by atoms with Crippen LogP contribution < -0.4 is 0 Å². The number of hydrogen-bond donors (Lipinski definition) is 0. The first kappa shape index (κ1) is 17.0. The highest BCUT2D eigenvalue weighted by atomic mass is 79.9. The van der Waals surface area contributed by atoms with E-state index in [1.165, 1.54) is 0 Å². The van der Waals surface area contributed by atoms with Crippen LogP contribution in [0.5, 0.6) is 0 Å². The molecular formula is C13H18BrClO3S. The van der Waals surface area contributed by atoms with Crippen LogP contribution in [0.2, 0.25) is 0 Å². The van der Waals surface area contributed by atoms with E-state index < -0.39 is 9.05 Å². The summed E-state index contributed by atoms with van der Waals surface area (Å²) in [6.45, 7) is 3.18. The van der Waals surface area contributed by atoms with E-state index in [0.717, 1.165) is 16.5 Å². The average molecular weight is 370 g/mol. The first-order valence-electron chi connectivity index (χ1n) is 6.12. The fourth-order valence-corrected chi connectivity index (χ4v) is 2.92. The maximum atomic E-state index is 10.8. The summed E-state index contributed by atoms with van der Waals surface area (Å²) in [5.74, 6) is 0.313. The van der Waals surface area contributed by atoms with Gasteiger partial charge in [0.25, 0.3) is 0 Å². The second-order valence-corrected chi connectivity index (χ2v) is 8.32. The second kappa shape index (κ2) is 8.25. The molecule has 1 rings (SSSR count). The molecule has 0 aliphatic carbocycles. The van der Waals surface area contributed by atoms with Crippen LogP contribution in [0.25, 0.3) is 0 Å². The smallest absolute Gasteiger partial charge is 0.232 e. The fourth-order valence-electron chi connectivity index (χ4n) is 1.57.